The van der Waals surface area contributed by atoms with Crippen LogP contribution in [0.3, 0.4) is 0 Å². The smallest absolute Gasteiger partial charge is 0.408 e. The summed E-state index contributed by atoms with van der Waals surface area (Å²) in [6.45, 7) is 0.190. The molecule has 1 aromatic rings. The van der Waals surface area contributed by atoms with Gasteiger partial charge in [0.25, 0.3) is 0 Å². The third-order valence-corrected chi connectivity index (χ3v) is 2.63. The number of rotatable bonds is 3. The first-order valence-corrected chi connectivity index (χ1v) is 5.23. The molecule has 0 spiro atoms. The monoisotopic (exact) mass is 236 g/mol. The number of ether oxygens (including phenoxy) is 1. The molecule has 1 N–H and O–H groups in total. The van der Waals surface area contributed by atoms with Gasteiger partial charge in [-0.25, -0.2) is 9.78 Å². The average Bonchev–Trinajstić information content (AvgIpc) is 2.73. The number of pyridine rings is 1. The minimum Gasteiger partial charge on any atom is -0.472 e. The summed E-state index contributed by atoms with van der Waals surface area (Å²) in [5.74, 6) is 0.439. The maximum absolute atomic E-state index is 10.9. The molecule has 90 valence electrons. The van der Waals surface area contributed by atoms with Crippen LogP contribution >= 0.6 is 0 Å². The standard InChI is InChI=1S/C11H12N2O4/c14-7-8-5-9(6-13(8)11(15)16)17-10-3-1-2-4-12-10/h1-4,7-9H,5-6H2,(H,15,16)/t8-,9+/m1/s1. The van der Waals surface area contributed by atoms with Crippen molar-refractivity contribution in [3.8, 4) is 5.88 Å². The molecule has 0 saturated carbocycles. The maximum Gasteiger partial charge on any atom is 0.408 e. The number of carbonyl (C=O) groups is 2. The highest BCUT2D eigenvalue weighted by atomic mass is 16.5. The quantitative estimate of drug-likeness (QED) is 0.784. The van der Waals surface area contributed by atoms with E-state index in [-0.39, 0.29) is 12.6 Å². The van der Waals surface area contributed by atoms with Crippen LogP contribution in [-0.4, -0.2) is 46.1 Å². The topological polar surface area (TPSA) is 79.7 Å². The number of carboxylic acid groups (broad SMARTS) is 1. The highest BCUT2D eigenvalue weighted by Crippen LogP contribution is 2.20. The summed E-state index contributed by atoms with van der Waals surface area (Å²) in [6.07, 6.45) is 1.17. The molecule has 1 saturated heterocycles. The van der Waals surface area contributed by atoms with E-state index in [2.05, 4.69) is 4.98 Å². The first-order valence-electron chi connectivity index (χ1n) is 5.23. The number of aldehydes is 1. The molecular formula is C11H12N2O4. The van der Waals surface area contributed by atoms with Crippen molar-refractivity contribution in [2.75, 3.05) is 6.54 Å². The second-order valence-corrected chi connectivity index (χ2v) is 3.78. The van der Waals surface area contributed by atoms with Crippen molar-refractivity contribution in [2.45, 2.75) is 18.6 Å². The van der Waals surface area contributed by atoms with Gasteiger partial charge >= 0.3 is 6.09 Å². The van der Waals surface area contributed by atoms with Gasteiger partial charge in [0.05, 0.1) is 12.6 Å². The molecule has 1 aliphatic rings. The van der Waals surface area contributed by atoms with Gasteiger partial charge in [-0.2, -0.15) is 0 Å². The second-order valence-electron chi connectivity index (χ2n) is 3.78. The van der Waals surface area contributed by atoms with Crippen molar-refractivity contribution in [3.63, 3.8) is 0 Å². The minimum absolute atomic E-state index is 0.190. The lowest BCUT2D eigenvalue weighted by atomic mass is 10.2. The lowest BCUT2D eigenvalue weighted by Crippen LogP contribution is -2.35. The van der Waals surface area contributed by atoms with Crippen molar-refractivity contribution in [2.24, 2.45) is 0 Å². The lowest BCUT2D eigenvalue weighted by molar-refractivity contribution is -0.111. The van der Waals surface area contributed by atoms with Crippen molar-refractivity contribution >= 4 is 12.4 Å². The number of nitrogens with zero attached hydrogens (tertiary/aromatic N) is 2. The summed E-state index contributed by atoms with van der Waals surface area (Å²) in [5, 5.41) is 8.89. The number of amides is 1. The molecule has 0 aliphatic carbocycles. The van der Waals surface area contributed by atoms with E-state index in [9.17, 15) is 9.59 Å². The minimum atomic E-state index is -1.10. The van der Waals surface area contributed by atoms with E-state index in [0.29, 0.717) is 18.6 Å². The normalized spacial score (nSPS) is 23.4. The molecule has 6 heteroatoms. The summed E-state index contributed by atoms with van der Waals surface area (Å²) in [6, 6.07) is 4.61. The van der Waals surface area contributed by atoms with Gasteiger partial charge in [-0.15, -0.1) is 0 Å². The van der Waals surface area contributed by atoms with Crippen molar-refractivity contribution in [3.05, 3.63) is 24.4 Å². The van der Waals surface area contributed by atoms with Crippen LogP contribution in [0.5, 0.6) is 5.88 Å². The number of hydrogen-bond acceptors (Lipinski definition) is 4. The molecule has 0 bridgehead atoms. The Morgan fingerprint density at radius 2 is 2.41 bits per heavy atom. The third kappa shape index (κ3) is 2.52. The zero-order valence-electron chi connectivity index (χ0n) is 9.02. The van der Waals surface area contributed by atoms with Crippen LogP contribution in [0.25, 0.3) is 0 Å². The highest BCUT2D eigenvalue weighted by Gasteiger charge is 2.36. The van der Waals surface area contributed by atoms with Crippen LogP contribution in [-0.2, 0) is 4.79 Å². The Bertz CT molecular complexity index is 409. The Labute approximate surface area is 97.8 Å². The van der Waals surface area contributed by atoms with Crippen LogP contribution in [0, 0.1) is 0 Å². The molecule has 17 heavy (non-hydrogen) atoms. The fourth-order valence-electron chi connectivity index (χ4n) is 1.85. The first kappa shape index (κ1) is 11.4. The Hall–Kier alpha value is -2.11. The largest absolute Gasteiger partial charge is 0.472 e. The number of likely N-dealkylation sites (tertiary alicyclic amines) is 1. The second kappa shape index (κ2) is 4.82. The molecule has 1 fully saturated rings. The van der Waals surface area contributed by atoms with Crippen molar-refractivity contribution in [1.29, 1.82) is 0 Å². The summed E-state index contributed by atoms with van der Waals surface area (Å²) in [4.78, 5) is 26.7. The van der Waals surface area contributed by atoms with Gasteiger partial charge in [0.1, 0.15) is 12.4 Å². The van der Waals surface area contributed by atoms with Crippen LogP contribution in [0.4, 0.5) is 4.79 Å². The molecule has 1 aromatic heterocycles. The van der Waals surface area contributed by atoms with E-state index in [0.717, 1.165) is 4.90 Å². The van der Waals surface area contributed by atoms with E-state index in [1.54, 1.807) is 24.4 Å². The van der Waals surface area contributed by atoms with Crippen LogP contribution in [0.15, 0.2) is 24.4 Å². The van der Waals surface area contributed by atoms with Gasteiger partial charge in [0.2, 0.25) is 5.88 Å². The predicted molar refractivity (Wildman–Crippen MR) is 57.9 cm³/mol. The molecule has 2 rings (SSSR count). The first-order chi connectivity index (χ1) is 8.20. The number of aromatic nitrogens is 1. The Morgan fingerprint density at radius 3 is 2.94 bits per heavy atom. The van der Waals surface area contributed by atoms with Gasteiger partial charge in [0.15, 0.2) is 0 Å². The Balaban J connectivity index is 2.01. The molecule has 1 amide bonds. The van der Waals surface area contributed by atoms with Crippen molar-refractivity contribution < 1.29 is 19.4 Å². The third-order valence-electron chi connectivity index (χ3n) is 2.63. The number of carbonyl (C=O) groups excluding carboxylic acids is 1. The van der Waals surface area contributed by atoms with Crippen LogP contribution < -0.4 is 4.74 Å². The Kier molecular flexibility index (Phi) is 3.22. The van der Waals surface area contributed by atoms with Gasteiger partial charge in [0, 0.05) is 18.7 Å². The highest BCUT2D eigenvalue weighted by molar-refractivity contribution is 5.72. The van der Waals surface area contributed by atoms with E-state index in [1.165, 1.54) is 0 Å². The number of hydrogen-bond donors (Lipinski definition) is 1. The van der Waals surface area contributed by atoms with E-state index < -0.39 is 12.1 Å². The molecule has 0 radical (unpaired) electrons. The predicted octanol–water partition coefficient (Wildman–Crippen LogP) is 0.780. The van der Waals surface area contributed by atoms with E-state index in [4.69, 9.17) is 9.84 Å². The van der Waals surface area contributed by atoms with Crippen molar-refractivity contribution in [1.82, 2.24) is 9.88 Å². The van der Waals surface area contributed by atoms with E-state index in [1.807, 2.05) is 0 Å². The molecule has 6 nitrogen and oxygen atoms in total. The summed E-state index contributed by atoms with van der Waals surface area (Å²) >= 11 is 0. The SMILES string of the molecule is O=C[C@H]1C[C@H](Oc2ccccn2)CN1C(=O)O. The molecule has 2 atom stereocenters. The maximum atomic E-state index is 10.9. The molecule has 2 heterocycles. The fourth-order valence-corrected chi connectivity index (χ4v) is 1.85. The summed E-state index contributed by atoms with van der Waals surface area (Å²) in [5.41, 5.74) is 0. The van der Waals surface area contributed by atoms with Crippen LogP contribution in [0.1, 0.15) is 6.42 Å². The lowest BCUT2D eigenvalue weighted by Gasteiger charge is -2.15. The molecule has 1 aliphatic heterocycles. The molecule has 0 aromatic carbocycles. The van der Waals surface area contributed by atoms with Gasteiger partial charge in [-0.3, -0.25) is 4.90 Å². The zero-order valence-corrected chi connectivity index (χ0v) is 9.02. The zero-order chi connectivity index (χ0) is 12.3. The van der Waals surface area contributed by atoms with Crippen LogP contribution in [0.2, 0.25) is 0 Å². The van der Waals surface area contributed by atoms with Gasteiger partial charge in [-0.05, 0) is 6.07 Å². The average molecular weight is 236 g/mol. The summed E-state index contributed by atoms with van der Waals surface area (Å²) < 4.78 is 5.51. The van der Waals surface area contributed by atoms with E-state index >= 15 is 0 Å². The van der Waals surface area contributed by atoms with Gasteiger partial charge in [-0.1, -0.05) is 6.07 Å². The molecular weight excluding hydrogens is 224 g/mol. The van der Waals surface area contributed by atoms with Gasteiger partial charge < -0.3 is 14.6 Å². The Morgan fingerprint density at radius 1 is 1.59 bits per heavy atom. The summed E-state index contributed by atoms with van der Waals surface area (Å²) in [7, 11) is 0. The fraction of sp³-hybridized carbons (Fsp3) is 0.364. The molecule has 0 unspecified atom stereocenters.